The molecule has 2 aromatic carbocycles. The van der Waals surface area contributed by atoms with Gasteiger partial charge in [-0.05, 0) is 43.0 Å². The number of hydrogen-bond donors (Lipinski definition) is 2. The van der Waals surface area contributed by atoms with Gasteiger partial charge in [0, 0.05) is 25.2 Å². The molecule has 1 fully saturated rings. The Morgan fingerprint density at radius 3 is 2.46 bits per heavy atom. The molecular weight excluding hydrogens is 346 g/mol. The third kappa shape index (κ3) is 5.43. The standard InChI is InChI=1S/C24H33N3O/c1-18-8-6-7-15-27(18)17-21-13-11-20(12-14-21)16-26-24(28)19(2)23(25)22-9-4-3-5-10-22/h3-5,9-14,18-19,23H,6-8,15-17,25H2,1-2H3,(H,26,28). The summed E-state index contributed by atoms with van der Waals surface area (Å²) >= 11 is 0. The fourth-order valence-electron chi connectivity index (χ4n) is 3.87. The molecule has 0 saturated carbocycles. The number of carbonyl (C=O) groups is 1. The van der Waals surface area contributed by atoms with Crippen molar-refractivity contribution in [2.75, 3.05) is 6.54 Å². The molecule has 0 aliphatic carbocycles. The molecule has 1 saturated heterocycles. The highest BCUT2D eigenvalue weighted by atomic mass is 16.1. The fourth-order valence-corrected chi connectivity index (χ4v) is 3.87. The van der Waals surface area contributed by atoms with Crippen LogP contribution in [0.4, 0.5) is 0 Å². The first-order valence-corrected chi connectivity index (χ1v) is 10.4. The zero-order valence-corrected chi connectivity index (χ0v) is 17.1. The molecule has 3 unspecified atom stereocenters. The van der Waals surface area contributed by atoms with E-state index in [0.717, 1.165) is 17.7 Å². The maximum Gasteiger partial charge on any atom is 0.225 e. The van der Waals surface area contributed by atoms with Crippen LogP contribution in [0.3, 0.4) is 0 Å². The van der Waals surface area contributed by atoms with E-state index in [1.165, 1.54) is 31.4 Å². The summed E-state index contributed by atoms with van der Waals surface area (Å²) in [6, 6.07) is 18.8. The number of nitrogens with one attached hydrogen (secondary N) is 1. The van der Waals surface area contributed by atoms with Gasteiger partial charge in [0.1, 0.15) is 0 Å². The Kier molecular flexibility index (Phi) is 7.24. The van der Waals surface area contributed by atoms with E-state index in [9.17, 15) is 4.79 Å². The SMILES string of the molecule is CC(C(=O)NCc1ccc(CN2CCCCC2C)cc1)C(N)c1ccccc1. The predicted octanol–water partition coefficient (Wildman–Crippen LogP) is 4.01. The maximum atomic E-state index is 12.5. The Balaban J connectivity index is 1.49. The molecule has 4 heteroatoms. The number of benzene rings is 2. The quantitative estimate of drug-likeness (QED) is 0.764. The molecule has 1 heterocycles. The van der Waals surface area contributed by atoms with Gasteiger partial charge in [-0.25, -0.2) is 0 Å². The maximum absolute atomic E-state index is 12.5. The smallest absolute Gasteiger partial charge is 0.225 e. The lowest BCUT2D eigenvalue weighted by atomic mass is 9.94. The first-order valence-electron chi connectivity index (χ1n) is 10.4. The van der Waals surface area contributed by atoms with Gasteiger partial charge in [0.25, 0.3) is 0 Å². The Morgan fingerprint density at radius 1 is 1.11 bits per heavy atom. The van der Waals surface area contributed by atoms with Crippen LogP contribution in [0.5, 0.6) is 0 Å². The number of likely N-dealkylation sites (tertiary alicyclic amines) is 1. The van der Waals surface area contributed by atoms with E-state index < -0.39 is 0 Å². The van der Waals surface area contributed by atoms with Gasteiger partial charge in [-0.3, -0.25) is 9.69 Å². The summed E-state index contributed by atoms with van der Waals surface area (Å²) in [6.07, 6.45) is 3.95. The molecule has 1 aliphatic heterocycles. The molecule has 3 rings (SSSR count). The number of hydrogen-bond acceptors (Lipinski definition) is 3. The van der Waals surface area contributed by atoms with Crippen LogP contribution in [0.15, 0.2) is 54.6 Å². The number of rotatable bonds is 7. The summed E-state index contributed by atoms with van der Waals surface area (Å²) in [5.41, 5.74) is 9.70. The monoisotopic (exact) mass is 379 g/mol. The van der Waals surface area contributed by atoms with Crippen LogP contribution in [0, 0.1) is 5.92 Å². The molecule has 28 heavy (non-hydrogen) atoms. The Morgan fingerprint density at radius 2 is 1.79 bits per heavy atom. The zero-order valence-electron chi connectivity index (χ0n) is 17.1. The predicted molar refractivity (Wildman–Crippen MR) is 115 cm³/mol. The first kappa shape index (κ1) is 20.6. The molecule has 1 aliphatic rings. The summed E-state index contributed by atoms with van der Waals surface area (Å²) in [5.74, 6) is -0.287. The molecule has 2 aromatic rings. The van der Waals surface area contributed by atoms with Crippen LogP contribution in [-0.4, -0.2) is 23.4 Å². The Bertz CT molecular complexity index is 744. The summed E-state index contributed by atoms with van der Waals surface area (Å²) in [4.78, 5) is 15.1. The second kappa shape index (κ2) is 9.85. The highest BCUT2D eigenvalue weighted by Crippen LogP contribution is 2.20. The van der Waals surface area contributed by atoms with Crippen molar-refractivity contribution in [3.63, 3.8) is 0 Å². The van der Waals surface area contributed by atoms with Crippen LogP contribution in [0.25, 0.3) is 0 Å². The van der Waals surface area contributed by atoms with E-state index in [0.29, 0.717) is 12.6 Å². The van der Waals surface area contributed by atoms with Crippen molar-refractivity contribution >= 4 is 5.91 Å². The molecular formula is C24H33N3O. The van der Waals surface area contributed by atoms with Crippen molar-refractivity contribution in [1.82, 2.24) is 10.2 Å². The minimum atomic E-state index is -0.296. The first-order chi connectivity index (χ1) is 13.5. The summed E-state index contributed by atoms with van der Waals surface area (Å²) in [7, 11) is 0. The number of nitrogens with two attached hydrogens (primary N) is 1. The average molecular weight is 380 g/mol. The van der Waals surface area contributed by atoms with E-state index in [-0.39, 0.29) is 17.9 Å². The molecule has 3 N–H and O–H groups in total. The summed E-state index contributed by atoms with van der Waals surface area (Å²) in [5, 5.41) is 3.03. The molecule has 1 amide bonds. The van der Waals surface area contributed by atoms with E-state index >= 15 is 0 Å². The third-order valence-electron chi connectivity index (χ3n) is 5.95. The van der Waals surface area contributed by atoms with Gasteiger partial charge in [-0.2, -0.15) is 0 Å². The number of piperidine rings is 1. The van der Waals surface area contributed by atoms with Gasteiger partial charge in [-0.1, -0.05) is 67.9 Å². The van der Waals surface area contributed by atoms with Gasteiger partial charge in [0.2, 0.25) is 5.91 Å². The van der Waals surface area contributed by atoms with Crippen LogP contribution in [-0.2, 0) is 17.9 Å². The van der Waals surface area contributed by atoms with Crippen molar-refractivity contribution in [3.05, 3.63) is 71.3 Å². The third-order valence-corrected chi connectivity index (χ3v) is 5.95. The van der Waals surface area contributed by atoms with Crippen molar-refractivity contribution < 1.29 is 4.79 Å². The van der Waals surface area contributed by atoms with Crippen molar-refractivity contribution in [1.29, 1.82) is 0 Å². The van der Waals surface area contributed by atoms with Gasteiger partial charge in [-0.15, -0.1) is 0 Å². The summed E-state index contributed by atoms with van der Waals surface area (Å²) in [6.45, 7) is 6.95. The van der Waals surface area contributed by atoms with Crippen LogP contribution in [0.1, 0.15) is 55.8 Å². The lowest BCUT2D eigenvalue weighted by Gasteiger charge is -2.33. The molecule has 4 nitrogen and oxygen atoms in total. The molecule has 150 valence electrons. The molecule has 3 atom stereocenters. The van der Waals surface area contributed by atoms with Gasteiger partial charge in [0.15, 0.2) is 0 Å². The highest BCUT2D eigenvalue weighted by molar-refractivity contribution is 5.79. The number of amides is 1. The number of carbonyl (C=O) groups excluding carboxylic acids is 1. The van der Waals surface area contributed by atoms with Crippen LogP contribution in [0.2, 0.25) is 0 Å². The normalized spacial score (nSPS) is 19.8. The minimum Gasteiger partial charge on any atom is -0.352 e. The van der Waals surface area contributed by atoms with Crippen molar-refractivity contribution in [2.24, 2.45) is 11.7 Å². The van der Waals surface area contributed by atoms with E-state index in [4.69, 9.17) is 5.73 Å². The van der Waals surface area contributed by atoms with Gasteiger partial charge in [0.05, 0.1) is 5.92 Å². The van der Waals surface area contributed by atoms with Crippen LogP contribution < -0.4 is 11.1 Å². The second-order valence-electron chi connectivity index (χ2n) is 8.07. The van der Waals surface area contributed by atoms with Crippen LogP contribution >= 0.6 is 0 Å². The molecule has 0 bridgehead atoms. The van der Waals surface area contributed by atoms with Crippen molar-refractivity contribution in [2.45, 2.75) is 58.3 Å². The largest absolute Gasteiger partial charge is 0.352 e. The highest BCUT2D eigenvalue weighted by Gasteiger charge is 2.22. The zero-order chi connectivity index (χ0) is 19.9. The summed E-state index contributed by atoms with van der Waals surface area (Å²) < 4.78 is 0. The average Bonchev–Trinajstić information content (AvgIpc) is 2.74. The Hall–Kier alpha value is -2.17. The number of nitrogens with zero attached hydrogens (tertiary/aromatic N) is 1. The van der Waals surface area contributed by atoms with Gasteiger partial charge >= 0.3 is 0 Å². The Labute approximate surface area is 169 Å². The second-order valence-corrected chi connectivity index (χ2v) is 8.07. The van der Waals surface area contributed by atoms with E-state index in [2.05, 4.69) is 41.4 Å². The van der Waals surface area contributed by atoms with Gasteiger partial charge < -0.3 is 11.1 Å². The van der Waals surface area contributed by atoms with E-state index in [1.807, 2.05) is 37.3 Å². The van der Waals surface area contributed by atoms with Crippen molar-refractivity contribution in [3.8, 4) is 0 Å². The lowest BCUT2D eigenvalue weighted by molar-refractivity contribution is -0.125. The topological polar surface area (TPSA) is 58.4 Å². The lowest BCUT2D eigenvalue weighted by Crippen LogP contribution is -2.36. The molecule has 0 radical (unpaired) electrons. The molecule has 0 aromatic heterocycles. The minimum absolute atomic E-state index is 0.0115. The van der Waals surface area contributed by atoms with E-state index in [1.54, 1.807) is 0 Å². The fraction of sp³-hybridized carbons (Fsp3) is 0.458. The molecule has 0 spiro atoms.